The van der Waals surface area contributed by atoms with Gasteiger partial charge in [-0.25, -0.2) is 0 Å². The van der Waals surface area contributed by atoms with Gasteiger partial charge < -0.3 is 5.11 Å². The average molecular weight is 227 g/mol. The van der Waals surface area contributed by atoms with E-state index >= 15 is 0 Å². The topological polar surface area (TPSA) is 37.3 Å². The van der Waals surface area contributed by atoms with Crippen LogP contribution in [0, 0.1) is 5.92 Å². The minimum Gasteiger partial charge on any atom is -0.481 e. The molecule has 0 bridgehead atoms. The van der Waals surface area contributed by atoms with Gasteiger partial charge in [0.05, 0.1) is 6.42 Å². The zero-order chi connectivity index (χ0) is 11.4. The second-order valence-electron chi connectivity index (χ2n) is 4.09. The first-order chi connectivity index (χ1) is 6.99. The maximum Gasteiger partial charge on any atom is 0.307 e. The van der Waals surface area contributed by atoms with Gasteiger partial charge in [0, 0.05) is 5.02 Å². The number of rotatable bonds is 4. The van der Waals surface area contributed by atoms with Gasteiger partial charge in [-0.2, -0.15) is 0 Å². The van der Waals surface area contributed by atoms with Gasteiger partial charge in [-0.3, -0.25) is 4.79 Å². The average Bonchev–Trinajstić information content (AvgIpc) is 2.08. The van der Waals surface area contributed by atoms with E-state index in [9.17, 15) is 4.79 Å². The van der Waals surface area contributed by atoms with Gasteiger partial charge in [0.15, 0.2) is 0 Å². The van der Waals surface area contributed by atoms with Crippen LogP contribution in [0.5, 0.6) is 0 Å². The summed E-state index contributed by atoms with van der Waals surface area (Å²) in [5, 5.41) is 9.30. The molecule has 0 heterocycles. The van der Waals surface area contributed by atoms with Crippen LogP contribution in [0.1, 0.15) is 25.0 Å². The van der Waals surface area contributed by atoms with Crippen LogP contribution in [-0.4, -0.2) is 11.1 Å². The van der Waals surface area contributed by atoms with Gasteiger partial charge >= 0.3 is 5.97 Å². The van der Waals surface area contributed by atoms with Crippen molar-refractivity contribution in [2.45, 2.75) is 26.7 Å². The molecular formula is C12H15ClO2. The molecule has 0 aliphatic rings. The predicted octanol–water partition coefficient (Wildman–Crippen LogP) is 3.17. The lowest BCUT2D eigenvalue weighted by atomic mass is 10.0. The van der Waals surface area contributed by atoms with E-state index in [0.29, 0.717) is 10.9 Å². The first kappa shape index (κ1) is 12.1. The minimum absolute atomic E-state index is 0.0294. The lowest BCUT2D eigenvalue weighted by molar-refractivity contribution is -0.136. The molecule has 82 valence electrons. The summed E-state index contributed by atoms with van der Waals surface area (Å²) in [6, 6.07) is 5.49. The molecule has 0 saturated carbocycles. The second kappa shape index (κ2) is 5.17. The fourth-order valence-corrected chi connectivity index (χ4v) is 1.76. The summed E-state index contributed by atoms with van der Waals surface area (Å²) in [4.78, 5) is 10.5. The number of carbonyl (C=O) groups is 1. The summed E-state index contributed by atoms with van der Waals surface area (Å²) in [5.74, 6) is -0.282. The van der Waals surface area contributed by atoms with E-state index < -0.39 is 5.97 Å². The van der Waals surface area contributed by atoms with Crippen molar-refractivity contribution < 1.29 is 9.90 Å². The lowest BCUT2D eigenvalue weighted by Crippen LogP contribution is -2.01. The summed E-state index contributed by atoms with van der Waals surface area (Å²) in [6.45, 7) is 4.25. The van der Waals surface area contributed by atoms with Crippen molar-refractivity contribution >= 4 is 17.6 Å². The highest BCUT2D eigenvalue weighted by molar-refractivity contribution is 6.31. The number of halogens is 1. The molecule has 1 N–H and O–H groups in total. The van der Waals surface area contributed by atoms with Crippen LogP contribution in [-0.2, 0) is 17.6 Å². The molecule has 3 heteroatoms. The molecule has 1 aromatic carbocycles. The Kier molecular flexibility index (Phi) is 4.15. The third kappa shape index (κ3) is 3.92. The quantitative estimate of drug-likeness (QED) is 0.856. The monoisotopic (exact) mass is 226 g/mol. The molecule has 0 amide bonds. The van der Waals surface area contributed by atoms with E-state index in [4.69, 9.17) is 16.7 Å². The largest absolute Gasteiger partial charge is 0.481 e. The van der Waals surface area contributed by atoms with Crippen molar-refractivity contribution in [2.24, 2.45) is 5.92 Å². The molecule has 0 aliphatic carbocycles. The van der Waals surface area contributed by atoms with Gasteiger partial charge in [-0.1, -0.05) is 37.6 Å². The third-order valence-electron chi connectivity index (χ3n) is 2.10. The first-order valence-corrected chi connectivity index (χ1v) is 5.36. The third-order valence-corrected chi connectivity index (χ3v) is 2.45. The van der Waals surface area contributed by atoms with Crippen molar-refractivity contribution in [3.8, 4) is 0 Å². The molecule has 1 aromatic rings. The Hall–Kier alpha value is -1.02. The number of carboxylic acid groups (broad SMARTS) is 1. The highest BCUT2D eigenvalue weighted by Crippen LogP contribution is 2.21. The summed E-state index contributed by atoms with van der Waals surface area (Å²) in [7, 11) is 0. The van der Waals surface area contributed by atoms with Gasteiger partial charge in [-0.05, 0) is 29.5 Å². The van der Waals surface area contributed by atoms with Gasteiger partial charge in [-0.15, -0.1) is 0 Å². The molecule has 0 aromatic heterocycles. The maximum absolute atomic E-state index is 10.5. The van der Waals surface area contributed by atoms with Crippen LogP contribution in [0.3, 0.4) is 0 Å². The maximum atomic E-state index is 10.5. The molecule has 0 aliphatic heterocycles. The van der Waals surface area contributed by atoms with Gasteiger partial charge in [0.25, 0.3) is 0 Å². The van der Waals surface area contributed by atoms with Crippen molar-refractivity contribution in [3.05, 3.63) is 34.3 Å². The number of aliphatic carboxylic acids is 1. The number of hydrogen-bond donors (Lipinski definition) is 1. The molecular weight excluding hydrogens is 212 g/mol. The molecule has 0 atom stereocenters. The number of benzene rings is 1. The van der Waals surface area contributed by atoms with Crippen molar-refractivity contribution in [1.29, 1.82) is 0 Å². The molecule has 0 unspecified atom stereocenters. The van der Waals surface area contributed by atoms with Crippen LogP contribution in [0.15, 0.2) is 18.2 Å². The Labute approximate surface area is 94.9 Å². The lowest BCUT2D eigenvalue weighted by Gasteiger charge is -2.08. The molecule has 15 heavy (non-hydrogen) atoms. The fraction of sp³-hybridized carbons (Fsp3) is 0.417. The van der Waals surface area contributed by atoms with Crippen LogP contribution in [0.2, 0.25) is 5.02 Å². The highest BCUT2D eigenvalue weighted by atomic mass is 35.5. The summed E-state index contributed by atoms with van der Waals surface area (Å²) < 4.78 is 0. The Morgan fingerprint density at radius 1 is 1.47 bits per heavy atom. The fourth-order valence-electron chi connectivity index (χ4n) is 1.48. The first-order valence-electron chi connectivity index (χ1n) is 4.98. The van der Waals surface area contributed by atoms with Gasteiger partial charge in [0.2, 0.25) is 0 Å². The zero-order valence-corrected chi connectivity index (χ0v) is 9.71. The molecule has 0 radical (unpaired) electrons. The molecule has 0 fully saturated rings. The zero-order valence-electron chi connectivity index (χ0n) is 8.96. The molecule has 0 spiro atoms. The van der Waals surface area contributed by atoms with Crippen LogP contribution in [0.25, 0.3) is 0 Å². The summed E-state index contributed by atoms with van der Waals surface area (Å²) >= 11 is 6.06. The standard InChI is InChI=1S/C12H15ClO2/c1-8(2)5-10-4-3-9(6-11(10)13)7-12(14)15/h3-4,6,8H,5,7H2,1-2H3,(H,14,15). The van der Waals surface area contributed by atoms with E-state index in [-0.39, 0.29) is 6.42 Å². The number of hydrogen-bond acceptors (Lipinski definition) is 1. The van der Waals surface area contributed by atoms with Gasteiger partial charge in [0.1, 0.15) is 0 Å². The minimum atomic E-state index is -0.831. The molecule has 1 rings (SSSR count). The Balaban J connectivity index is 2.83. The number of carboxylic acids is 1. The second-order valence-corrected chi connectivity index (χ2v) is 4.50. The van der Waals surface area contributed by atoms with Crippen LogP contribution < -0.4 is 0 Å². The normalized spacial score (nSPS) is 10.7. The van der Waals surface area contributed by atoms with Crippen molar-refractivity contribution in [1.82, 2.24) is 0 Å². The van der Waals surface area contributed by atoms with E-state index in [1.165, 1.54) is 0 Å². The van der Waals surface area contributed by atoms with Crippen LogP contribution in [0.4, 0.5) is 0 Å². The summed E-state index contributed by atoms with van der Waals surface area (Å²) in [5.41, 5.74) is 1.83. The smallest absolute Gasteiger partial charge is 0.307 e. The molecule has 0 saturated heterocycles. The Bertz CT molecular complexity index is 359. The van der Waals surface area contributed by atoms with E-state index in [0.717, 1.165) is 17.5 Å². The predicted molar refractivity (Wildman–Crippen MR) is 61.3 cm³/mol. The highest BCUT2D eigenvalue weighted by Gasteiger charge is 2.06. The Morgan fingerprint density at radius 3 is 2.60 bits per heavy atom. The SMILES string of the molecule is CC(C)Cc1ccc(CC(=O)O)cc1Cl. The van der Waals surface area contributed by atoms with E-state index in [2.05, 4.69) is 13.8 Å². The summed E-state index contributed by atoms with van der Waals surface area (Å²) in [6.07, 6.45) is 0.952. The van der Waals surface area contributed by atoms with Crippen LogP contribution >= 0.6 is 11.6 Å². The van der Waals surface area contributed by atoms with E-state index in [1.807, 2.05) is 12.1 Å². The van der Waals surface area contributed by atoms with Crippen molar-refractivity contribution in [3.63, 3.8) is 0 Å². The van der Waals surface area contributed by atoms with E-state index in [1.54, 1.807) is 6.07 Å². The Morgan fingerprint density at radius 2 is 2.13 bits per heavy atom. The van der Waals surface area contributed by atoms with Crippen molar-refractivity contribution in [2.75, 3.05) is 0 Å². The molecule has 2 nitrogen and oxygen atoms in total.